The van der Waals surface area contributed by atoms with Gasteiger partial charge in [0.05, 0.1) is 0 Å². The minimum atomic E-state index is -1.05. The number of nitrogens with one attached hydrogen (secondary N) is 1. The summed E-state index contributed by atoms with van der Waals surface area (Å²) in [6.07, 6.45) is 1.31. The maximum absolute atomic E-state index is 11.0. The lowest BCUT2D eigenvalue weighted by molar-refractivity contribution is -0.142. The molecule has 0 bridgehead atoms. The van der Waals surface area contributed by atoms with E-state index < -0.39 is 36.0 Å². The van der Waals surface area contributed by atoms with Crippen LogP contribution in [-0.4, -0.2) is 51.4 Å². The Morgan fingerprint density at radius 1 is 0.824 bits per heavy atom. The Bertz CT molecular complexity index is 1100. The standard InChI is InChI=1S/C13H17NO4.C13H13NO2/c1-9(12(15)16)14-11(13(17)18)8-7-10-5-3-2-4-6-10;14-12(13(15)16)8-10-6-3-5-9-4-1-2-7-11(9)10/h2-6,9,11,14H,7-8H2,1H3,(H,15,16)(H,17,18);1-7,12H,8,14H2,(H,15,16)/t9-,11+;12-/m10/s1. The second-order valence-electron chi connectivity index (χ2n) is 7.93. The zero-order valence-electron chi connectivity index (χ0n) is 18.9. The fourth-order valence-corrected chi connectivity index (χ4v) is 3.40. The predicted molar refractivity (Wildman–Crippen MR) is 130 cm³/mol. The van der Waals surface area contributed by atoms with Gasteiger partial charge in [0.15, 0.2) is 0 Å². The molecule has 0 aliphatic rings. The lowest BCUT2D eigenvalue weighted by Gasteiger charge is -2.17. The molecular weight excluding hydrogens is 436 g/mol. The molecule has 0 unspecified atom stereocenters. The van der Waals surface area contributed by atoms with Crippen LogP contribution < -0.4 is 11.1 Å². The molecule has 0 radical (unpaired) electrons. The van der Waals surface area contributed by atoms with Gasteiger partial charge in [0.25, 0.3) is 0 Å². The zero-order chi connectivity index (χ0) is 25.1. The Balaban J connectivity index is 0.000000241. The minimum absolute atomic E-state index is 0.358. The van der Waals surface area contributed by atoms with E-state index in [9.17, 15) is 14.4 Å². The van der Waals surface area contributed by atoms with Gasteiger partial charge in [-0.1, -0.05) is 72.8 Å². The highest BCUT2D eigenvalue weighted by atomic mass is 16.4. The first-order chi connectivity index (χ1) is 16.2. The number of hydrogen-bond acceptors (Lipinski definition) is 5. The highest BCUT2D eigenvalue weighted by molar-refractivity contribution is 5.86. The number of benzene rings is 3. The summed E-state index contributed by atoms with van der Waals surface area (Å²) < 4.78 is 0. The van der Waals surface area contributed by atoms with Crippen molar-refractivity contribution in [2.75, 3.05) is 0 Å². The molecule has 8 heteroatoms. The van der Waals surface area contributed by atoms with Gasteiger partial charge in [-0.3, -0.25) is 19.7 Å². The maximum Gasteiger partial charge on any atom is 0.320 e. The highest BCUT2D eigenvalue weighted by Gasteiger charge is 2.22. The average molecular weight is 467 g/mol. The molecule has 0 amide bonds. The molecule has 0 aromatic heterocycles. The average Bonchev–Trinajstić information content (AvgIpc) is 2.82. The molecule has 0 heterocycles. The van der Waals surface area contributed by atoms with Crippen LogP contribution in [0.4, 0.5) is 0 Å². The van der Waals surface area contributed by atoms with Crippen molar-refractivity contribution in [1.82, 2.24) is 5.32 Å². The predicted octanol–water partition coefficient (Wildman–Crippen LogP) is 2.93. The van der Waals surface area contributed by atoms with E-state index in [0.717, 1.165) is 21.9 Å². The number of fused-ring (bicyclic) bond motifs is 1. The molecule has 3 aromatic carbocycles. The number of hydrogen-bond donors (Lipinski definition) is 5. The minimum Gasteiger partial charge on any atom is -0.480 e. The van der Waals surface area contributed by atoms with Gasteiger partial charge in [-0.2, -0.15) is 0 Å². The summed E-state index contributed by atoms with van der Waals surface area (Å²) in [6, 6.07) is 20.7. The first-order valence-corrected chi connectivity index (χ1v) is 10.9. The topological polar surface area (TPSA) is 150 Å². The molecule has 6 N–H and O–H groups in total. The first-order valence-electron chi connectivity index (χ1n) is 10.9. The third-order valence-electron chi connectivity index (χ3n) is 5.32. The van der Waals surface area contributed by atoms with Crippen LogP contribution in [0.25, 0.3) is 10.8 Å². The molecule has 180 valence electrons. The number of carboxylic acids is 3. The van der Waals surface area contributed by atoms with E-state index in [0.29, 0.717) is 19.3 Å². The fraction of sp³-hybridized carbons (Fsp3) is 0.269. The van der Waals surface area contributed by atoms with Gasteiger partial charge in [0.1, 0.15) is 18.1 Å². The van der Waals surface area contributed by atoms with Crippen molar-refractivity contribution in [3.8, 4) is 0 Å². The lowest BCUT2D eigenvalue weighted by Crippen LogP contribution is -2.45. The second-order valence-corrected chi connectivity index (χ2v) is 7.93. The normalized spacial score (nSPS) is 13.2. The smallest absolute Gasteiger partial charge is 0.320 e. The van der Waals surface area contributed by atoms with E-state index in [-0.39, 0.29) is 0 Å². The second kappa shape index (κ2) is 13.1. The SMILES string of the molecule is C[C@@H](N[C@@H](CCc1ccccc1)C(=O)O)C(=O)O.N[C@@H](Cc1cccc2ccccc12)C(=O)O. The molecular formula is C26H30N2O6. The zero-order valence-corrected chi connectivity index (χ0v) is 18.9. The van der Waals surface area contributed by atoms with Crippen molar-refractivity contribution >= 4 is 28.7 Å². The molecule has 34 heavy (non-hydrogen) atoms. The van der Waals surface area contributed by atoms with Crippen molar-refractivity contribution in [1.29, 1.82) is 0 Å². The van der Waals surface area contributed by atoms with Gasteiger partial charge in [-0.15, -0.1) is 0 Å². The fourth-order valence-electron chi connectivity index (χ4n) is 3.40. The molecule has 0 aliphatic carbocycles. The van der Waals surface area contributed by atoms with Crippen molar-refractivity contribution in [3.63, 3.8) is 0 Å². The summed E-state index contributed by atoms with van der Waals surface area (Å²) in [5.74, 6) is -3.05. The third-order valence-corrected chi connectivity index (χ3v) is 5.32. The van der Waals surface area contributed by atoms with Gasteiger partial charge < -0.3 is 21.1 Å². The molecule has 3 atom stereocenters. The van der Waals surface area contributed by atoms with Crippen molar-refractivity contribution < 1.29 is 29.7 Å². The van der Waals surface area contributed by atoms with Gasteiger partial charge in [0, 0.05) is 0 Å². The van der Waals surface area contributed by atoms with Crippen LogP contribution in [0.5, 0.6) is 0 Å². The van der Waals surface area contributed by atoms with Crippen LogP contribution in [0, 0.1) is 0 Å². The lowest BCUT2D eigenvalue weighted by atomic mass is 9.99. The molecule has 0 saturated heterocycles. The molecule has 0 fully saturated rings. The number of aliphatic carboxylic acids is 3. The van der Waals surface area contributed by atoms with E-state index in [2.05, 4.69) is 5.32 Å². The molecule has 3 aromatic rings. The number of carboxylic acid groups (broad SMARTS) is 3. The van der Waals surface area contributed by atoms with E-state index in [1.165, 1.54) is 6.92 Å². The largest absolute Gasteiger partial charge is 0.480 e. The van der Waals surface area contributed by atoms with Crippen molar-refractivity contribution in [2.45, 2.75) is 44.3 Å². The van der Waals surface area contributed by atoms with Gasteiger partial charge >= 0.3 is 17.9 Å². The van der Waals surface area contributed by atoms with Crippen LogP contribution in [-0.2, 0) is 27.2 Å². The Kier molecular flexibility index (Phi) is 10.2. The third kappa shape index (κ3) is 8.31. The molecule has 3 rings (SSSR count). The summed E-state index contributed by atoms with van der Waals surface area (Å²) in [7, 11) is 0. The Hall–Kier alpha value is -3.75. The van der Waals surface area contributed by atoms with E-state index in [4.69, 9.17) is 21.1 Å². The summed E-state index contributed by atoms with van der Waals surface area (Å²) in [4.78, 5) is 32.4. The van der Waals surface area contributed by atoms with E-state index in [1.807, 2.05) is 72.8 Å². The van der Waals surface area contributed by atoms with Crippen LogP contribution in [0.3, 0.4) is 0 Å². The summed E-state index contributed by atoms with van der Waals surface area (Å²) in [5, 5.41) is 31.3. The van der Waals surface area contributed by atoms with Crippen LogP contribution >= 0.6 is 0 Å². The molecule has 0 aliphatic heterocycles. The summed E-state index contributed by atoms with van der Waals surface area (Å²) in [5.41, 5.74) is 7.56. The quantitative estimate of drug-likeness (QED) is 0.306. The molecule has 0 saturated carbocycles. The van der Waals surface area contributed by atoms with Crippen LogP contribution in [0.15, 0.2) is 72.8 Å². The molecule has 0 spiro atoms. The van der Waals surface area contributed by atoms with Gasteiger partial charge in [-0.05, 0) is 48.1 Å². The Labute approximate surface area is 198 Å². The number of carbonyl (C=O) groups is 3. The van der Waals surface area contributed by atoms with Crippen LogP contribution in [0.1, 0.15) is 24.5 Å². The summed E-state index contributed by atoms with van der Waals surface area (Å²) >= 11 is 0. The van der Waals surface area contributed by atoms with E-state index >= 15 is 0 Å². The van der Waals surface area contributed by atoms with Gasteiger partial charge in [0.2, 0.25) is 0 Å². The monoisotopic (exact) mass is 466 g/mol. The summed E-state index contributed by atoms with van der Waals surface area (Å²) in [6.45, 7) is 1.43. The molecule has 8 nitrogen and oxygen atoms in total. The number of rotatable bonds is 10. The Morgan fingerprint density at radius 2 is 1.44 bits per heavy atom. The maximum atomic E-state index is 11.0. The van der Waals surface area contributed by atoms with E-state index in [1.54, 1.807) is 0 Å². The van der Waals surface area contributed by atoms with Gasteiger partial charge in [-0.25, -0.2) is 0 Å². The van der Waals surface area contributed by atoms with Crippen molar-refractivity contribution in [3.05, 3.63) is 83.9 Å². The Morgan fingerprint density at radius 3 is 2.06 bits per heavy atom. The highest BCUT2D eigenvalue weighted by Crippen LogP contribution is 2.19. The van der Waals surface area contributed by atoms with Crippen molar-refractivity contribution in [2.24, 2.45) is 5.73 Å². The number of nitrogens with two attached hydrogens (primary N) is 1. The van der Waals surface area contributed by atoms with Crippen LogP contribution in [0.2, 0.25) is 0 Å². The first kappa shape index (κ1) is 26.5. The number of aryl methyl sites for hydroxylation is 1.